The lowest BCUT2D eigenvalue weighted by molar-refractivity contribution is 0.0600. The van der Waals surface area contributed by atoms with E-state index in [0.29, 0.717) is 0 Å². The van der Waals surface area contributed by atoms with Crippen LogP contribution in [0.1, 0.15) is 73.1 Å². The van der Waals surface area contributed by atoms with Gasteiger partial charge in [-0.15, -0.1) is 0 Å². The van der Waals surface area contributed by atoms with Crippen LogP contribution in [0.4, 0.5) is 4.79 Å². The second-order valence-corrected chi connectivity index (χ2v) is 4.95. The third-order valence-electron chi connectivity index (χ3n) is 1.86. The van der Waals surface area contributed by atoms with Crippen molar-refractivity contribution in [1.82, 2.24) is 0 Å². The fraction of sp³-hybridized carbons (Fsp3) is 0.923. The summed E-state index contributed by atoms with van der Waals surface area (Å²) in [5.74, 6) is 0. The molecule has 0 spiro atoms. The average Bonchev–Trinajstić information content (AvgIpc) is 2.09. The highest BCUT2D eigenvalue weighted by atomic mass is 16.6. The van der Waals surface area contributed by atoms with E-state index in [1.54, 1.807) is 20.8 Å². The predicted molar refractivity (Wildman–Crippen MR) is 69.5 cm³/mol. The first-order chi connectivity index (χ1) is 7.33. The molecular weight excluding hydrogens is 202 g/mol. The number of amides is 1. The molecule has 0 aliphatic carbocycles. The Hall–Kier alpha value is -0.730. The molecule has 0 aromatic heterocycles. The van der Waals surface area contributed by atoms with Crippen molar-refractivity contribution in [1.29, 1.82) is 0 Å². The van der Waals surface area contributed by atoms with Gasteiger partial charge in [0.1, 0.15) is 5.60 Å². The van der Waals surface area contributed by atoms with Gasteiger partial charge >= 0.3 is 6.09 Å². The van der Waals surface area contributed by atoms with Gasteiger partial charge in [-0.05, 0) is 20.8 Å². The van der Waals surface area contributed by atoms with Crippen LogP contribution >= 0.6 is 0 Å². The summed E-state index contributed by atoms with van der Waals surface area (Å²) in [6, 6.07) is 0. The second kappa shape index (κ2) is 10.8. The highest BCUT2D eigenvalue weighted by Crippen LogP contribution is 2.05. The fourth-order valence-corrected chi connectivity index (χ4v) is 1.16. The molecule has 98 valence electrons. The van der Waals surface area contributed by atoms with E-state index in [1.165, 1.54) is 38.5 Å². The zero-order valence-electron chi connectivity index (χ0n) is 11.6. The van der Waals surface area contributed by atoms with Gasteiger partial charge in [0.2, 0.25) is 0 Å². The summed E-state index contributed by atoms with van der Waals surface area (Å²) in [6.45, 7) is 9.80. The largest absolute Gasteiger partial charge is 0.444 e. The standard InChI is InChI=1S/C8H18.C5H11NO2/c1-3-5-7-8-6-4-2;1-5(2,3)8-4(6)7/h3-8H2,1-2H3;1-3H3,(H2,6,7). The van der Waals surface area contributed by atoms with E-state index in [4.69, 9.17) is 5.73 Å². The summed E-state index contributed by atoms with van der Waals surface area (Å²) in [4.78, 5) is 10.0. The first-order valence-electron chi connectivity index (χ1n) is 6.32. The van der Waals surface area contributed by atoms with E-state index in [-0.39, 0.29) is 0 Å². The summed E-state index contributed by atoms with van der Waals surface area (Å²) in [6.07, 6.45) is 7.76. The lowest BCUT2D eigenvalue weighted by atomic mass is 10.1. The number of hydrogen-bond acceptors (Lipinski definition) is 2. The third-order valence-corrected chi connectivity index (χ3v) is 1.86. The molecule has 0 aromatic rings. The summed E-state index contributed by atoms with van der Waals surface area (Å²) in [7, 11) is 0. The molecule has 0 aliphatic rings. The highest BCUT2D eigenvalue weighted by molar-refractivity contribution is 5.65. The van der Waals surface area contributed by atoms with Gasteiger partial charge in [0.15, 0.2) is 0 Å². The maximum Gasteiger partial charge on any atom is 0.405 e. The van der Waals surface area contributed by atoms with Gasteiger partial charge < -0.3 is 10.5 Å². The van der Waals surface area contributed by atoms with Crippen LogP contribution in [0.25, 0.3) is 0 Å². The molecule has 0 aliphatic heterocycles. The van der Waals surface area contributed by atoms with E-state index in [0.717, 1.165) is 0 Å². The number of carbonyl (C=O) groups excluding carboxylic acids is 1. The second-order valence-electron chi connectivity index (χ2n) is 4.95. The van der Waals surface area contributed by atoms with Crippen molar-refractivity contribution in [3.05, 3.63) is 0 Å². The first kappa shape index (κ1) is 17.7. The van der Waals surface area contributed by atoms with Crippen molar-refractivity contribution >= 4 is 6.09 Å². The minimum absolute atomic E-state index is 0.453. The Kier molecular flexibility index (Phi) is 11.9. The molecule has 0 unspecified atom stereocenters. The van der Waals surface area contributed by atoms with Crippen molar-refractivity contribution < 1.29 is 9.53 Å². The summed E-state index contributed by atoms with van der Waals surface area (Å²) in [5.41, 5.74) is 4.26. The van der Waals surface area contributed by atoms with Gasteiger partial charge in [-0.25, -0.2) is 4.79 Å². The van der Waals surface area contributed by atoms with Crippen LogP contribution in [0.2, 0.25) is 0 Å². The van der Waals surface area contributed by atoms with Crippen LogP contribution in [0.15, 0.2) is 0 Å². The number of ether oxygens (including phenoxy) is 1. The number of unbranched alkanes of at least 4 members (excludes halogenated alkanes) is 5. The molecule has 0 rings (SSSR count). The molecule has 0 radical (unpaired) electrons. The molecule has 0 bridgehead atoms. The van der Waals surface area contributed by atoms with Crippen molar-refractivity contribution in [2.45, 2.75) is 78.7 Å². The Morgan fingerprint density at radius 2 is 1.38 bits per heavy atom. The number of hydrogen-bond donors (Lipinski definition) is 1. The lowest BCUT2D eigenvalue weighted by Crippen LogP contribution is -2.27. The Balaban J connectivity index is 0. The predicted octanol–water partition coefficient (Wildman–Crippen LogP) is 4.25. The average molecular weight is 231 g/mol. The minimum atomic E-state index is -0.725. The Bertz CT molecular complexity index is 156. The van der Waals surface area contributed by atoms with Crippen molar-refractivity contribution in [3.63, 3.8) is 0 Å². The van der Waals surface area contributed by atoms with E-state index in [2.05, 4.69) is 18.6 Å². The van der Waals surface area contributed by atoms with Gasteiger partial charge in [0.25, 0.3) is 0 Å². The highest BCUT2D eigenvalue weighted by Gasteiger charge is 2.12. The fourth-order valence-electron chi connectivity index (χ4n) is 1.16. The van der Waals surface area contributed by atoms with Crippen LogP contribution in [0, 0.1) is 0 Å². The monoisotopic (exact) mass is 231 g/mol. The molecule has 1 amide bonds. The number of rotatable bonds is 5. The number of carbonyl (C=O) groups is 1. The number of primary amides is 1. The summed E-state index contributed by atoms with van der Waals surface area (Å²) in [5, 5.41) is 0. The Morgan fingerprint density at radius 1 is 1.00 bits per heavy atom. The SMILES string of the molecule is CC(C)(C)OC(N)=O.CCCCCCCC. The molecule has 0 heterocycles. The van der Waals surface area contributed by atoms with Crippen LogP contribution in [-0.2, 0) is 4.74 Å². The lowest BCUT2D eigenvalue weighted by Gasteiger charge is -2.16. The van der Waals surface area contributed by atoms with Gasteiger partial charge in [-0.3, -0.25) is 0 Å². The van der Waals surface area contributed by atoms with Gasteiger partial charge in [0, 0.05) is 0 Å². The van der Waals surface area contributed by atoms with Crippen LogP contribution in [0.5, 0.6) is 0 Å². The summed E-state index contributed by atoms with van der Waals surface area (Å²) >= 11 is 0. The smallest absolute Gasteiger partial charge is 0.405 e. The third kappa shape index (κ3) is 23.2. The quantitative estimate of drug-likeness (QED) is 0.719. The Labute approximate surface area is 101 Å². The maximum atomic E-state index is 10.0. The normalized spacial score (nSPS) is 10.3. The zero-order chi connectivity index (χ0) is 13.0. The molecule has 3 heteroatoms. The molecule has 16 heavy (non-hydrogen) atoms. The molecular formula is C13H29NO2. The van der Waals surface area contributed by atoms with E-state index in [9.17, 15) is 4.79 Å². The van der Waals surface area contributed by atoms with Crippen molar-refractivity contribution in [2.75, 3.05) is 0 Å². The summed E-state index contributed by atoms with van der Waals surface area (Å²) < 4.78 is 4.58. The van der Waals surface area contributed by atoms with E-state index in [1.807, 2.05) is 0 Å². The van der Waals surface area contributed by atoms with E-state index < -0.39 is 11.7 Å². The zero-order valence-corrected chi connectivity index (χ0v) is 11.6. The molecule has 0 atom stereocenters. The molecule has 0 saturated carbocycles. The van der Waals surface area contributed by atoms with Crippen LogP contribution in [0.3, 0.4) is 0 Å². The van der Waals surface area contributed by atoms with E-state index >= 15 is 0 Å². The van der Waals surface area contributed by atoms with Crippen LogP contribution in [-0.4, -0.2) is 11.7 Å². The van der Waals surface area contributed by atoms with Crippen molar-refractivity contribution in [2.24, 2.45) is 5.73 Å². The van der Waals surface area contributed by atoms with Gasteiger partial charge in [-0.2, -0.15) is 0 Å². The van der Waals surface area contributed by atoms with Crippen molar-refractivity contribution in [3.8, 4) is 0 Å². The molecule has 3 nitrogen and oxygen atoms in total. The van der Waals surface area contributed by atoms with Crippen LogP contribution < -0.4 is 5.73 Å². The first-order valence-corrected chi connectivity index (χ1v) is 6.32. The minimum Gasteiger partial charge on any atom is -0.444 e. The molecule has 2 N–H and O–H groups in total. The van der Waals surface area contributed by atoms with Gasteiger partial charge in [-0.1, -0.05) is 52.4 Å². The molecule has 0 saturated heterocycles. The topological polar surface area (TPSA) is 52.3 Å². The Morgan fingerprint density at radius 3 is 1.50 bits per heavy atom. The molecule has 0 aromatic carbocycles. The number of nitrogens with two attached hydrogens (primary N) is 1. The molecule has 0 fully saturated rings. The van der Waals surface area contributed by atoms with Gasteiger partial charge in [0.05, 0.1) is 0 Å². The maximum absolute atomic E-state index is 10.0.